The maximum atomic E-state index is 13.3. The first kappa shape index (κ1) is 21.6. The average Bonchev–Trinajstić information content (AvgIpc) is 2.97. The number of fused-ring (bicyclic) bond motifs is 4. The summed E-state index contributed by atoms with van der Waals surface area (Å²) in [5.41, 5.74) is 12.4. The van der Waals surface area contributed by atoms with Crippen molar-refractivity contribution >= 4 is 38.8 Å². The molecule has 0 bridgehead atoms. The molecule has 0 aliphatic heterocycles. The van der Waals surface area contributed by atoms with E-state index >= 15 is 0 Å². The van der Waals surface area contributed by atoms with E-state index in [1.165, 1.54) is 0 Å². The van der Waals surface area contributed by atoms with Crippen LogP contribution in [0.25, 0.3) is 43.8 Å². The van der Waals surface area contributed by atoms with E-state index in [1.54, 1.807) is 6.07 Å². The van der Waals surface area contributed by atoms with Gasteiger partial charge >= 0.3 is 0 Å². The molecule has 0 aromatic heterocycles. The molecule has 0 fully saturated rings. The number of nitrogens with two attached hydrogens (primary N) is 1. The van der Waals surface area contributed by atoms with E-state index in [1.807, 2.05) is 97.1 Å². The van der Waals surface area contributed by atoms with Gasteiger partial charge in [0.25, 0.3) is 0 Å². The Morgan fingerprint density at radius 2 is 1.03 bits per heavy atom. The third kappa shape index (κ3) is 2.90. The monoisotopic (exact) mass is 505 g/mol. The number of rotatable bonds is 3. The van der Waals surface area contributed by atoms with Gasteiger partial charge < -0.3 is 5.73 Å². The highest BCUT2D eigenvalue weighted by Crippen LogP contribution is 2.49. The van der Waals surface area contributed by atoms with Crippen LogP contribution in [0.2, 0.25) is 0 Å². The number of hydrogen-bond donors (Lipinski definition) is 1. The molecule has 5 heteroatoms. The van der Waals surface area contributed by atoms with E-state index < -0.39 is 0 Å². The van der Waals surface area contributed by atoms with Gasteiger partial charge in [-0.05, 0) is 34.0 Å². The fraction of sp³-hybridized carbons (Fsp3) is 0. The fourth-order valence-corrected chi connectivity index (χ4v) is 6.06. The Morgan fingerprint density at radius 3 is 1.69 bits per heavy atom. The lowest BCUT2D eigenvalue weighted by Gasteiger charge is -2.24. The van der Waals surface area contributed by atoms with E-state index in [9.17, 15) is 9.59 Å². The Hall–Kier alpha value is -5.42. The van der Waals surface area contributed by atoms with Gasteiger partial charge in [-0.1, -0.05) is 91.0 Å². The first-order valence-electron chi connectivity index (χ1n) is 12.7. The highest BCUT2D eigenvalue weighted by Gasteiger charge is 2.31. The van der Waals surface area contributed by atoms with Crippen molar-refractivity contribution in [1.82, 2.24) is 0 Å². The van der Waals surface area contributed by atoms with Crippen LogP contribution in [0, 0.1) is 0 Å². The van der Waals surface area contributed by atoms with Gasteiger partial charge in [0.2, 0.25) is 5.75 Å². The summed E-state index contributed by atoms with van der Waals surface area (Å²) >= 11 is 0. The van der Waals surface area contributed by atoms with Crippen LogP contribution in [0.1, 0.15) is 31.8 Å². The minimum absolute atomic E-state index is 0.0150. The van der Waals surface area contributed by atoms with Crippen LogP contribution < -0.4 is 15.5 Å². The molecule has 2 aliphatic rings. The SMILES string of the molecule is Nc1cc2cccc3c2c(c1OOc1ccc2cccc4c2c1-c1ccccc1C4=O)-c1ccccc1C3=O. The number of carbonyl (C=O) groups is 2. The smallest absolute Gasteiger partial charge is 0.209 e. The predicted octanol–water partition coefficient (Wildman–Crippen LogP) is 7.37. The van der Waals surface area contributed by atoms with Crippen LogP contribution in [-0.4, -0.2) is 11.6 Å². The molecule has 0 spiro atoms. The van der Waals surface area contributed by atoms with Gasteiger partial charge in [0, 0.05) is 44.2 Å². The zero-order chi connectivity index (χ0) is 26.2. The Bertz CT molecular complexity index is 2070. The molecule has 6 aromatic carbocycles. The lowest BCUT2D eigenvalue weighted by atomic mass is 9.82. The molecular formula is C34H19NO4. The third-order valence-electron chi connectivity index (χ3n) is 7.74. The number of ketones is 2. The Labute approximate surface area is 223 Å². The lowest BCUT2D eigenvalue weighted by molar-refractivity contribution is -0.0977. The molecule has 184 valence electrons. The lowest BCUT2D eigenvalue weighted by Crippen LogP contribution is -2.14. The summed E-state index contributed by atoms with van der Waals surface area (Å²) in [6.07, 6.45) is 0. The summed E-state index contributed by atoms with van der Waals surface area (Å²) in [6.45, 7) is 0. The van der Waals surface area contributed by atoms with E-state index in [0.717, 1.165) is 43.8 Å². The molecule has 2 N–H and O–H groups in total. The van der Waals surface area contributed by atoms with Gasteiger partial charge in [-0.15, -0.1) is 0 Å². The Kier molecular flexibility index (Phi) is 4.32. The van der Waals surface area contributed by atoms with E-state index in [-0.39, 0.29) is 11.6 Å². The number of carbonyl (C=O) groups excluding carboxylic acids is 2. The van der Waals surface area contributed by atoms with Crippen LogP contribution >= 0.6 is 0 Å². The van der Waals surface area contributed by atoms with Crippen LogP contribution in [0.4, 0.5) is 5.69 Å². The summed E-state index contributed by atoms with van der Waals surface area (Å²) in [6, 6.07) is 31.9. The molecule has 8 rings (SSSR count). The van der Waals surface area contributed by atoms with Crippen molar-refractivity contribution in [1.29, 1.82) is 0 Å². The Balaban J connectivity index is 1.34. The normalized spacial score (nSPS) is 12.8. The van der Waals surface area contributed by atoms with Crippen LogP contribution in [0.15, 0.2) is 103 Å². The van der Waals surface area contributed by atoms with Crippen molar-refractivity contribution in [2.24, 2.45) is 0 Å². The van der Waals surface area contributed by atoms with Crippen molar-refractivity contribution in [3.05, 3.63) is 125 Å². The third-order valence-corrected chi connectivity index (χ3v) is 7.74. The minimum Gasteiger partial charge on any atom is -0.396 e. The summed E-state index contributed by atoms with van der Waals surface area (Å²) in [7, 11) is 0. The molecule has 0 heterocycles. The molecule has 39 heavy (non-hydrogen) atoms. The minimum atomic E-state index is -0.0342. The first-order chi connectivity index (χ1) is 19.1. The van der Waals surface area contributed by atoms with Gasteiger partial charge in [-0.2, -0.15) is 0 Å². The standard InChI is InChI=1S/C34H19NO4/c35-26-17-19-8-6-14-25-29(19)31(21-10-2-4-12-23(21)33(25)37)34(26)39-38-27-16-15-18-7-5-13-24-28(18)30(27)20-9-1-3-11-22(20)32(24)36/h1-17H,35H2. The molecule has 2 aliphatic carbocycles. The van der Waals surface area contributed by atoms with Gasteiger partial charge in [0.15, 0.2) is 17.3 Å². The largest absolute Gasteiger partial charge is 0.396 e. The topological polar surface area (TPSA) is 78.6 Å². The fourth-order valence-electron chi connectivity index (χ4n) is 6.06. The Morgan fingerprint density at radius 1 is 0.487 bits per heavy atom. The maximum Gasteiger partial charge on any atom is 0.209 e. The molecule has 0 saturated carbocycles. The molecule has 0 saturated heterocycles. The second-order valence-corrected chi connectivity index (χ2v) is 9.83. The van der Waals surface area contributed by atoms with Crippen molar-refractivity contribution in [3.63, 3.8) is 0 Å². The van der Waals surface area contributed by atoms with Crippen molar-refractivity contribution < 1.29 is 19.4 Å². The number of anilines is 1. The van der Waals surface area contributed by atoms with Crippen molar-refractivity contribution in [2.75, 3.05) is 5.73 Å². The predicted molar refractivity (Wildman–Crippen MR) is 151 cm³/mol. The second-order valence-electron chi connectivity index (χ2n) is 9.83. The van der Waals surface area contributed by atoms with Crippen molar-refractivity contribution in [2.45, 2.75) is 0 Å². The number of benzene rings is 6. The number of nitrogen functional groups attached to an aromatic ring is 1. The maximum absolute atomic E-state index is 13.3. The molecule has 0 atom stereocenters. The highest BCUT2D eigenvalue weighted by molar-refractivity contribution is 6.28. The molecule has 0 radical (unpaired) electrons. The quantitative estimate of drug-likeness (QED) is 0.154. The van der Waals surface area contributed by atoms with Gasteiger partial charge in [-0.3, -0.25) is 19.4 Å². The molecule has 5 nitrogen and oxygen atoms in total. The molecule has 0 unspecified atom stereocenters. The highest BCUT2D eigenvalue weighted by atomic mass is 17.2. The van der Waals surface area contributed by atoms with E-state index in [4.69, 9.17) is 15.5 Å². The van der Waals surface area contributed by atoms with Crippen LogP contribution in [0.3, 0.4) is 0 Å². The van der Waals surface area contributed by atoms with E-state index in [2.05, 4.69) is 0 Å². The summed E-state index contributed by atoms with van der Waals surface area (Å²) in [4.78, 5) is 38.8. The zero-order valence-corrected chi connectivity index (χ0v) is 20.5. The van der Waals surface area contributed by atoms with Crippen LogP contribution in [-0.2, 0) is 0 Å². The van der Waals surface area contributed by atoms with Crippen LogP contribution in [0.5, 0.6) is 11.5 Å². The summed E-state index contributed by atoms with van der Waals surface area (Å²) in [5, 5.41) is 3.41. The first-order valence-corrected chi connectivity index (χ1v) is 12.7. The summed E-state index contributed by atoms with van der Waals surface area (Å²) in [5.74, 6) is 0.762. The summed E-state index contributed by atoms with van der Waals surface area (Å²) < 4.78 is 0. The van der Waals surface area contributed by atoms with Gasteiger partial charge in [0.05, 0.1) is 5.69 Å². The van der Waals surface area contributed by atoms with Gasteiger partial charge in [0.1, 0.15) is 0 Å². The van der Waals surface area contributed by atoms with E-state index in [0.29, 0.717) is 39.4 Å². The molecular weight excluding hydrogens is 486 g/mol. The average molecular weight is 506 g/mol. The molecule has 0 amide bonds. The number of hydrogen-bond acceptors (Lipinski definition) is 5. The van der Waals surface area contributed by atoms with Crippen molar-refractivity contribution in [3.8, 4) is 33.8 Å². The zero-order valence-electron chi connectivity index (χ0n) is 20.5. The van der Waals surface area contributed by atoms with Gasteiger partial charge in [-0.25, -0.2) is 0 Å². The molecule has 6 aromatic rings. The second kappa shape index (κ2) is 7.79.